The third kappa shape index (κ3) is 4.30. The fourth-order valence-electron chi connectivity index (χ4n) is 6.66. The maximum atomic E-state index is 6.24. The van der Waals surface area contributed by atoms with Gasteiger partial charge in [-0.1, -0.05) is 18.9 Å². The van der Waals surface area contributed by atoms with E-state index in [4.69, 9.17) is 21.9 Å². The number of aromatic nitrogens is 2. The predicted octanol–water partition coefficient (Wildman–Crippen LogP) is 7.11. The van der Waals surface area contributed by atoms with E-state index < -0.39 is 0 Å². The maximum absolute atomic E-state index is 6.24. The van der Waals surface area contributed by atoms with Gasteiger partial charge in [-0.25, -0.2) is 0 Å². The molecule has 1 N–H and O–H groups in total. The molecule has 3 aliphatic rings. The first kappa shape index (κ1) is 23.5. The molecule has 5 nitrogen and oxygen atoms in total. The molecule has 36 heavy (non-hydrogen) atoms. The maximum Gasteiger partial charge on any atom is 0.174 e. The Labute approximate surface area is 219 Å². The summed E-state index contributed by atoms with van der Waals surface area (Å²) < 4.78 is 8.82. The minimum atomic E-state index is -0.0226. The van der Waals surface area contributed by atoms with E-state index in [2.05, 4.69) is 71.1 Å². The van der Waals surface area contributed by atoms with Crippen molar-refractivity contribution in [2.75, 3.05) is 4.90 Å². The van der Waals surface area contributed by atoms with Gasteiger partial charge in [0.05, 0.1) is 23.9 Å². The molecule has 2 aromatic heterocycles. The molecule has 188 valence electrons. The monoisotopic (exact) mass is 500 g/mol. The highest BCUT2D eigenvalue weighted by molar-refractivity contribution is 7.80. The number of nitrogens with zero attached hydrogens (tertiary/aromatic N) is 3. The standard InChI is InChI=1S/C30H36N4OS/c1-20-19-26(21(2)33(20)22-9-3-4-10-22)29-28(27-13-7-8-18-31-27)32-30(36)34(29)23-14-16-25(17-15-23)35-24-11-5-6-12-24/h7-8,13-19,22,24,28-29H,3-6,9-12H2,1-2H3,(H,32,36)/t28-,29-/m0/s1. The molecule has 2 saturated carbocycles. The first-order valence-electron chi connectivity index (χ1n) is 13.6. The minimum absolute atomic E-state index is 0.0226. The minimum Gasteiger partial charge on any atom is -0.490 e. The molecule has 1 aromatic carbocycles. The number of anilines is 1. The Balaban J connectivity index is 1.38. The van der Waals surface area contributed by atoms with E-state index in [0.717, 1.165) is 35.1 Å². The molecule has 1 saturated heterocycles. The van der Waals surface area contributed by atoms with Crippen molar-refractivity contribution in [2.45, 2.75) is 89.4 Å². The predicted molar refractivity (Wildman–Crippen MR) is 149 cm³/mol. The van der Waals surface area contributed by atoms with Crippen molar-refractivity contribution in [3.8, 4) is 5.75 Å². The van der Waals surface area contributed by atoms with Crippen LogP contribution in [0.15, 0.2) is 54.7 Å². The summed E-state index contributed by atoms with van der Waals surface area (Å²) in [6.07, 6.45) is 12.3. The highest BCUT2D eigenvalue weighted by Crippen LogP contribution is 2.45. The van der Waals surface area contributed by atoms with Crippen LogP contribution in [0.3, 0.4) is 0 Å². The Morgan fingerprint density at radius 1 is 0.944 bits per heavy atom. The number of rotatable bonds is 6. The lowest BCUT2D eigenvalue weighted by Gasteiger charge is -2.29. The molecule has 3 aromatic rings. The van der Waals surface area contributed by atoms with Crippen molar-refractivity contribution in [1.29, 1.82) is 0 Å². The van der Waals surface area contributed by atoms with Gasteiger partial charge in [-0.2, -0.15) is 0 Å². The van der Waals surface area contributed by atoms with Gasteiger partial charge in [0.2, 0.25) is 0 Å². The largest absolute Gasteiger partial charge is 0.490 e. The van der Waals surface area contributed by atoms with E-state index in [0.29, 0.717) is 12.1 Å². The molecule has 0 unspecified atom stereocenters. The molecule has 3 fully saturated rings. The Kier molecular flexibility index (Phi) is 6.46. The lowest BCUT2D eigenvalue weighted by Crippen LogP contribution is -2.29. The summed E-state index contributed by atoms with van der Waals surface area (Å²) >= 11 is 5.96. The van der Waals surface area contributed by atoms with E-state index in [9.17, 15) is 0 Å². The third-order valence-corrected chi connectivity index (χ3v) is 8.66. The van der Waals surface area contributed by atoms with E-state index >= 15 is 0 Å². The normalized spacial score (nSPS) is 22.9. The lowest BCUT2D eigenvalue weighted by molar-refractivity contribution is 0.210. The summed E-state index contributed by atoms with van der Waals surface area (Å²) in [5.41, 5.74) is 6.11. The first-order chi connectivity index (χ1) is 17.6. The smallest absolute Gasteiger partial charge is 0.174 e. The number of nitrogens with one attached hydrogen (secondary N) is 1. The van der Waals surface area contributed by atoms with Crippen molar-refractivity contribution >= 4 is 23.0 Å². The number of hydrogen-bond donors (Lipinski definition) is 1. The van der Waals surface area contributed by atoms with Gasteiger partial charge in [-0.15, -0.1) is 0 Å². The zero-order valence-electron chi connectivity index (χ0n) is 21.3. The summed E-state index contributed by atoms with van der Waals surface area (Å²) in [5.74, 6) is 0.945. The van der Waals surface area contributed by atoms with Crippen LogP contribution in [0.1, 0.15) is 92.1 Å². The average molecular weight is 501 g/mol. The second-order valence-electron chi connectivity index (χ2n) is 10.6. The molecule has 6 heteroatoms. The quantitative estimate of drug-likeness (QED) is 0.365. The van der Waals surface area contributed by atoms with Crippen LogP contribution in [0.25, 0.3) is 0 Å². The number of thiocarbonyl (C=S) groups is 1. The Bertz CT molecular complexity index is 1210. The van der Waals surface area contributed by atoms with Crippen LogP contribution >= 0.6 is 12.2 Å². The average Bonchev–Trinajstić information content (AvgIpc) is 3.69. The van der Waals surface area contributed by atoms with Crippen molar-refractivity contribution in [3.05, 3.63) is 77.4 Å². The summed E-state index contributed by atoms with van der Waals surface area (Å²) in [6.45, 7) is 4.54. The first-order valence-corrected chi connectivity index (χ1v) is 14.0. The second-order valence-corrected chi connectivity index (χ2v) is 11.0. The highest BCUT2D eigenvalue weighted by atomic mass is 32.1. The Hall–Kier alpha value is -2.86. The van der Waals surface area contributed by atoms with Gasteiger partial charge in [0.15, 0.2) is 5.11 Å². The molecular formula is C30H36N4OS. The highest BCUT2D eigenvalue weighted by Gasteiger charge is 2.42. The van der Waals surface area contributed by atoms with Crippen molar-refractivity contribution in [2.24, 2.45) is 0 Å². The van der Waals surface area contributed by atoms with Gasteiger partial charge in [0, 0.05) is 29.3 Å². The van der Waals surface area contributed by atoms with Crippen molar-refractivity contribution in [3.63, 3.8) is 0 Å². The van der Waals surface area contributed by atoms with Crippen LogP contribution in [-0.2, 0) is 0 Å². The summed E-state index contributed by atoms with van der Waals surface area (Å²) in [4.78, 5) is 7.02. The van der Waals surface area contributed by atoms with Gasteiger partial charge >= 0.3 is 0 Å². The van der Waals surface area contributed by atoms with E-state index in [-0.39, 0.29) is 12.1 Å². The van der Waals surface area contributed by atoms with Gasteiger partial charge < -0.3 is 19.5 Å². The van der Waals surface area contributed by atoms with Crippen LogP contribution in [0.4, 0.5) is 5.69 Å². The van der Waals surface area contributed by atoms with Crippen LogP contribution < -0.4 is 15.0 Å². The molecule has 0 amide bonds. The molecule has 2 atom stereocenters. The second kappa shape index (κ2) is 9.89. The van der Waals surface area contributed by atoms with Gasteiger partial charge in [-0.3, -0.25) is 4.98 Å². The number of pyridine rings is 1. The number of ether oxygens (including phenoxy) is 1. The molecule has 2 aliphatic carbocycles. The molecule has 0 spiro atoms. The van der Waals surface area contributed by atoms with E-state index in [1.165, 1.54) is 55.5 Å². The zero-order valence-corrected chi connectivity index (χ0v) is 22.1. The zero-order chi connectivity index (χ0) is 24.6. The fraction of sp³-hybridized carbons (Fsp3) is 0.467. The Morgan fingerprint density at radius 3 is 2.36 bits per heavy atom. The molecule has 1 aliphatic heterocycles. The van der Waals surface area contributed by atoms with E-state index in [1.54, 1.807) is 0 Å². The van der Waals surface area contributed by atoms with Crippen LogP contribution in [0.2, 0.25) is 0 Å². The fourth-order valence-corrected chi connectivity index (χ4v) is 7.01. The summed E-state index contributed by atoms with van der Waals surface area (Å²) in [5, 5.41) is 4.36. The van der Waals surface area contributed by atoms with Gasteiger partial charge in [0.25, 0.3) is 0 Å². The lowest BCUT2D eigenvalue weighted by atomic mass is 9.96. The van der Waals surface area contributed by atoms with Gasteiger partial charge in [0.1, 0.15) is 5.75 Å². The Morgan fingerprint density at radius 2 is 1.67 bits per heavy atom. The number of aryl methyl sites for hydroxylation is 1. The summed E-state index contributed by atoms with van der Waals surface area (Å²) in [6, 6.07) is 17.6. The van der Waals surface area contributed by atoms with Crippen molar-refractivity contribution in [1.82, 2.24) is 14.9 Å². The van der Waals surface area contributed by atoms with Crippen LogP contribution in [0.5, 0.6) is 5.75 Å². The third-order valence-electron chi connectivity index (χ3n) is 8.35. The molecule has 0 radical (unpaired) electrons. The molecular weight excluding hydrogens is 464 g/mol. The number of benzene rings is 1. The molecule has 0 bridgehead atoms. The van der Waals surface area contributed by atoms with Gasteiger partial charge in [-0.05, 0) is 113 Å². The topological polar surface area (TPSA) is 42.3 Å². The van der Waals surface area contributed by atoms with Crippen molar-refractivity contribution < 1.29 is 4.74 Å². The molecule has 6 rings (SSSR count). The molecule has 3 heterocycles. The van der Waals surface area contributed by atoms with Crippen LogP contribution in [-0.4, -0.2) is 20.8 Å². The summed E-state index contributed by atoms with van der Waals surface area (Å²) in [7, 11) is 0. The van der Waals surface area contributed by atoms with E-state index in [1.807, 2.05) is 12.3 Å². The van der Waals surface area contributed by atoms with Crippen LogP contribution in [0, 0.1) is 13.8 Å². The number of hydrogen-bond acceptors (Lipinski definition) is 3. The SMILES string of the molecule is Cc1cc([C@H]2[C@H](c3ccccn3)NC(=S)N2c2ccc(OC3CCCC3)cc2)c(C)n1C1CCCC1.